The minimum atomic E-state index is -0.213. The second kappa shape index (κ2) is 7.11. The first-order valence-electron chi connectivity index (χ1n) is 6.53. The number of rotatable bonds is 5. The number of ether oxygens (including phenoxy) is 1. The van der Waals surface area contributed by atoms with E-state index in [0.29, 0.717) is 17.3 Å². The number of aryl methyl sites for hydroxylation is 1. The number of amides is 1. The highest BCUT2D eigenvalue weighted by molar-refractivity contribution is 6.31. The average molecular weight is 305 g/mol. The van der Waals surface area contributed by atoms with E-state index >= 15 is 0 Å². The quantitative estimate of drug-likeness (QED) is 0.832. The number of anilines is 2. The van der Waals surface area contributed by atoms with Crippen LogP contribution in [-0.4, -0.2) is 12.5 Å². The van der Waals surface area contributed by atoms with Crippen molar-refractivity contribution in [3.63, 3.8) is 0 Å². The minimum Gasteiger partial charge on any atom is -0.399 e. The maximum atomic E-state index is 11.8. The van der Waals surface area contributed by atoms with Crippen molar-refractivity contribution < 1.29 is 9.53 Å². The van der Waals surface area contributed by atoms with E-state index in [1.807, 2.05) is 25.1 Å². The van der Waals surface area contributed by atoms with Crippen LogP contribution in [0.2, 0.25) is 5.02 Å². The molecule has 21 heavy (non-hydrogen) atoms. The fourth-order valence-corrected chi connectivity index (χ4v) is 2.07. The van der Waals surface area contributed by atoms with Gasteiger partial charge < -0.3 is 15.8 Å². The van der Waals surface area contributed by atoms with Crippen molar-refractivity contribution in [1.29, 1.82) is 0 Å². The predicted octanol–water partition coefficient (Wildman–Crippen LogP) is 3.39. The number of nitrogens with two attached hydrogens (primary N) is 1. The van der Waals surface area contributed by atoms with Crippen molar-refractivity contribution in [2.24, 2.45) is 0 Å². The molecule has 4 nitrogen and oxygen atoms in total. The molecule has 0 aliphatic carbocycles. The molecule has 0 spiro atoms. The van der Waals surface area contributed by atoms with Gasteiger partial charge in [-0.1, -0.05) is 29.8 Å². The van der Waals surface area contributed by atoms with Gasteiger partial charge in [-0.2, -0.15) is 0 Å². The summed E-state index contributed by atoms with van der Waals surface area (Å²) in [6, 6.07) is 12.7. The van der Waals surface area contributed by atoms with Crippen molar-refractivity contribution in [3.8, 4) is 0 Å². The highest BCUT2D eigenvalue weighted by atomic mass is 35.5. The molecular weight excluding hydrogens is 288 g/mol. The predicted molar refractivity (Wildman–Crippen MR) is 85.3 cm³/mol. The molecule has 1 amide bonds. The number of nitrogen functional groups attached to an aromatic ring is 1. The van der Waals surface area contributed by atoms with E-state index in [1.54, 1.807) is 24.3 Å². The molecule has 0 heterocycles. The number of hydrogen-bond donors (Lipinski definition) is 2. The number of carbonyl (C=O) groups excluding carboxylic acids is 1. The van der Waals surface area contributed by atoms with Crippen molar-refractivity contribution in [1.82, 2.24) is 0 Å². The van der Waals surface area contributed by atoms with E-state index in [2.05, 4.69) is 5.32 Å². The Morgan fingerprint density at radius 3 is 2.76 bits per heavy atom. The molecular formula is C16H17ClN2O2. The summed E-state index contributed by atoms with van der Waals surface area (Å²) in [7, 11) is 0. The molecule has 0 atom stereocenters. The molecule has 2 rings (SSSR count). The number of hydrogen-bond acceptors (Lipinski definition) is 3. The molecule has 0 bridgehead atoms. The van der Waals surface area contributed by atoms with Crippen LogP contribution < -0.4 is 11.1 Å². The van der Waals surface area contributed by atoms with Crippen LogP contribution in [0.5, 0.6) is 0 Å². The number of carbonyl (C=O) groups is 1. The van der Waals surface area contributed by atoms with Gasteiger partial charge in [0, 0.05) is 16.4 Å². The van der Waals surface area contributed by atoms with Crippen molar-refractivity contribution in [2.45, 2.75) is 13.5 Å². The Bertz CT molecular complexity index is 644. The summed E-state index contributed by atoms with van der Waals surface area (Å²) in [5.41, 5.74) is 8.83. The first-order valence-corrected chi connectivity index (χ1v) is 6.91. The first kappa shape index (κ1) is 15.4. The molecule has 0 unspecified atom stereocenters. The van der Waals surface area contributed by atoms with Gasteiger partial charge in [-0.3, -0.25) is 4.79 Å². The molecule has 0 fully saturated rings. The number of benzene rings is 2. The van der Waals surface area contributed by atoms with Gasteiger partial charge in [-0.15, -0.1) is 0 Å². The van der Waals surface area contributed by atoms with Crippen molar-refractivity contribution >= 4 is 28.9 Å². The second-order valence-corrected chi connectivity index (χ2v) is 5.11. The maximum Gasteiger partial charge on any atom is 0.250 e. The fraction of sp³-hybridized carbons (Fsp3) is 0.188. The minimum absolute atomic E-state index is 0.0327. The highest BCUT2D eigenvalue weighted by Gasteiger charge is 2.06. The van der Waals surface area contributed by atoms with E-state index in [-0.39, 0.29) is 12.5 Å². The summed E-state index contributed by atoms with van der Waals surface area (Å²) in [6.45, 7) is 2.15. The molecule has 5 heteroatoms. The molecule has 3 N–H and O–H groups in total. The summed E-state index contributed by atoms with van der Waals surface area (Å²) < 4.78 is 5.38. The van der Waals surface area contributed by atoms with Crippen LogP contribution in [0.1, 0.15) is 11.1 Å². The van der Waals surface area contributed by atoms with Crippen LogP contribution in [0.25, 0.3) is 0 Å². The van der Waals surface area contributed by atoms with E-state index in [9.17, 15) is 4.79 Å². The lowest BCUT2D eigenvalue weighted by Crippen LogP contribution is -2.18. The van der Waals surface area contributed by atoms with Crippen LogP contribution in [0, 0.1) is 6.92 Å². The zero-order valence-corrected chi connectivity index (χ0v) is 12.5. The Morgan fingerprint density at radius 1 is 1.29 bits per heavy atom. The topological polar surface area (TPSA) is 64.3 Å². The molecule has 0 aliphatic heterocycles. The van der Waals surface area contributed by atoms with Gasteiger partial charge in [0.2, 0.25) is 5.91 Å². The molecule has 0 radical (unpaired) electrons. The van der Waals surface area contributed by atoms with Crippen LogP contribution in [-0.2, 0) is 16.1 Å². The lowest BCUT2D eigenvalue weighted by molar-refractivity contribution is -0.121. The normalized spacial score (nSPS) is 10.4. The summed E-state index contributed by atoms with van der Waals surface area (Å²) in [6.07, 6.45) is 0. The van der Waals surface area contributed by atoms with Crippen LogP contribution in [0.15, 0.2) is 42.5 Å². The van der Waals surface area contributed by atoms with Crippen LogP contribution in [0.4, 0.5) is 11.4 Å². The Morgan fingerprint density at radius 2 is 2.05 bits per heavy atom. The van der Waals surface area contributed by atoms with E-state index < -0.39 is 0 Å². The molecule has 110 valence electrons. The maximum absolute atomic E-state index is 11.8. The molecule has 0 aliphatic rings. The summed E-state index contributed by atoms with van der Waals surface area (Å²) >= 11 is 6.01. The van der Waals surface area contributed by atoms with Gasteiger partial charge in [-0.05, 0) is 42.3 Å². The van der Waals surface area contributed by atoms with E-state index in [4.69, 9.17) is 22.1 Å². The van der Waals surface area contributed by atoms with Crippen LogP contribution in [0.3, 0.4) is 0 Å². The van der Waals surface area contributed by atoms with Gasteiger partial charge in [-0.25, -0.2) is 0 Å². The SMILES string of the molecule is Cc1cc(N)ccc1NC(=O)COCc1ccccc1Cl. The number of halogens is 1. The third-order valence-corrected chi connectivity index (χ3v) is 3.34. The van der Waals surface area contributed by atoms with Gasteiger partial charge >= 0.3 is 0 Å². The molecule has 2 aromatic carbocycles. The summed E-state index contributed by atoms with van der Waals surface area (Å²) in [5.74, 6) is -0.213. The third kappa shape index (κ3) is 4.48. The van der Waals surface area contributed by atoms with Crippen LogP contribution >= 0.6 is 11.6 Å². The van der Waals surface area contributed by atoms with Gasteiger partial charge in [0.25, 0.3) is 0 Å². The highest BCUT2D eigenvalue weighted by Crippen LogP contribution is 2.18. The zero-order chi connectivity index (χ0) is 15.2. The molecule has 0 aromatic heterocycles. The zero-order valence-electron chi connectivity index (χ0n) is 11.7. The standard InChI is InChI=1S/C16H17ClN2O2/c1-11-8-13(18)6-7-15(11)19-16(20)10-21-9-12-4-2-3-5-14(12)17/h2-8H,9-10,18H2,1H3,(H,19,20). The Hall–Kier alpha value is -2.04. The monoisotopic (exact) mass is 304 g/mol. The second-order valence-electron chi connectivity index (χ2n) is 4.71. The van der Waals surface area contributed by atoms with Gasteiger partial charge in [0.1, 0.15) is 6.61 Å². The molecule has 2 aromatic rings. The van der Waals surface area contributed by atoms with Crippen molar-refractivity contribution in [3.05, 3.63) is 58.6 Å². The average Bonchev–Trinajstić information content (AvgIpc) is 2.44. The van der Waals surface area contributed by atoms with Crippen molar-refractivity contribution in [2.75, 3.05) is 17.7 Å². The molecule has 0 saturated carbocycles. The summed E-state index contributed by atoms with van der Waals surface area (Å²) in [5, 5.41) is 3.42. The van der Waals surface area contributed by atoms with E-state index in [0.717, 1.165) is 16.8 Å². The Kier molecular flexibility index (Phi) is 5.20. The lowest BCUT2D eigenvalue weighted by Gasteiger charge is -2.10. The smallest absolute Gasteiger partial charge is 0.250 e. The number of nitrogens with one attached hydrogen (secondary N) is 1. The molecule has 0 saturated heterocycles. The third-order valence-electron chi connectivity index (χ3n) is 2.97. The van der Waals surface area contributed by atoms with E-state index in [1.165, 1.54) is 0 Å². The summed E-state index contributed by atoms with van der Waals surface area (Å²) in [4.78, 5) is 11.8. The van der Waals surface area contributed by atoms with Gasteiger partial charge in [0.15, 0.2) is 0 Å². The largest absolute Gasteiger partial charge is 0.399 e. The first-order chi connectivity index (χ1) is 10.1. The lowest BCUT2D eigenvalue weighted by atomic mass is 10.2. The fourth-order valence-electron chi connectivity index (χ4n) is 1.88. The van der Waals surface area contributed by atoms with Gasteiger partial charge in [0.05, 0.1) is 6.61 Å². The Balaban J connectivity index is 1.84. The Labute approximate surface area is 128 Å².